The van der Waals surface area contributed by atoms with Crippen LogP contribution in [0.25, 0.3) is 10.8 Å². The number of halogens is 1. The summed E-state index contributed by atoms with van der Waals surface area (Å²) >= 11 is 6.02. The van der Waals surface area contributed by atoms with E-state index in [9.17, 15) is 4.79 Å². The molecule has 1 aliphatic heterocycles. The molecule has 3 aromatic rings. The summed E-state index contributed by atoms with van der Waals surface area (Å²) in [6.45, 7) is 0.998. The lowest BCUT2D eigenvalue weighted by Crippen LogP contribution is -2.37. The molecule has 0 amide bonds. The van der Waals surface area contributed by atoms with Gasteiger partial charge < -0.3 is 0 Å². The number of likely N-dealkylation sites (tertiary alicyclic amines) is 1. The lowest BCUT2D eigenvalue weighted by molar-refractivity contribution is 0.159. The summed E-state index contributed by atoms with van der Waals surface area (Å²) in [4.78, 5) is 15.5. The van der Waals surface area contributed by atoms with Crippen molar-refractivity contribution in [1.29, 1.82) is 0 Å². The van der Waals surface area contributed by atoms with E-state index in [4.69, 9.17) is 16.7 Å². The molecule has 0 bridgehead atoms. The van der Waals surface area contributed by atoms with Gasteiger partial charge in [-0.05, 0) is 56.6 Å². The number of aromatic nitrogens is 2. The summed E-state index contributed by atoms with van der Waals surface area (Å²) in [5, 5.41) is 7.27. The summed E-state index contributed by atoms with van der Waals surface area (Å²) in [5.74, 6) is 0. The van der Waals surface area contributed by atoms with Crippen LogP contribution in [0.5, 0.6) is 0 Å². The molecule has 0 saturated carbocycles. The van der Waals surface area contributed by atoms with E-state index in [1.54, 1.807) is 4.68 Å². The van der Waals surface area contributed by atoms with Crippen molar-refractivity contribution in [2.24, 2.45) is 0 Å². The number of hydrogen-bond acceptors (Lipinski definition) is 3. The molecule has 0 N–H and O–H groups in total. The minimum absolute atomic E-state index is 0.00389. The molecule has 0 radical (unpaired) electrons. The van der Waals surface area contributed by atoms with Crippen LogP contribution in [0, 0.1) is 0 Å². The molecule has 4 rings (SSSR count). The molecule has 2 aromatic carbocycles. The molecule has 27 heavy (non-hydrogen) atoms. The van der Waals surface area contributed by atoms with Crippen LogP contribution in [-0.2, 0) is 6.42 Å². The van der Waals surface area contributed by atoms with E-state index in [0.717, 1.165) is 46.4 Å². The maximum Gasteiger partial charge on any atom is 0.276 e. The second kappa shape index (κ2) is 7.83. The molecule has 4 nitrogen and oxygen atoms in total. The number of nitrogens with zero attached hydrogens (tertiary/aromatic N) is 3. The molecule has 0 aliphatic carbocycles. The Labute approximate surface area is 164 Å². The topological polar surface area (TPSA) is 38.1 Å². The van der Waals surface area contributed by atoms with Gasteiger partial charge in [0.2, 0.25) is 0 Å². The van der Waals surface area contributed by atoms with Crippen molar-refractivity contribution < 1.29 is 0 Å². The van der Waals surface area contributed by atoms with Crippen LogP contribution in [0.4, 0.5) is 0 Å². The Bertz CT molecular complexity index is 997. The van der Waals surface area contributed by atoms with Crippen LogP contribution in [-0.4, -0.2) is 28.3 Å². The van der Waals surface area contributed by atoms with E-state index in [1.807, 2.05) is 48.5 Å². The molecule has 1 fully saturated rings. The highest BCUT2D eigenvalue weighted by Gasteiger charge is 2.23. The van der Waals surface area contributed by atoms with Crippen LogP contribution in [0.3, 0.4) is 0 Å². The summed E-state index contributed by atoms with van der Waals surface area (Å²) in [6, 6.07) is 15.6. The molecule has 1 unspecified atom stereocenters. The average Bonchev–Trinajstić information content (AvgIpc) is 2.90. The summed E-state index contributed by atoms with van der Waals surface area (Å²) < 4.78 is 1.72. The predicted octanol–water partition coefficient (Wildman–Crippen LogP) is 4.65. The van der Waals surface area contributed by atoms with Crippen molar-refractivity contribution in [3.63, 3.8) is 0 Å². The van der Waals surface area contributed by atoms with E-state index >= 15 is 0 Å². The van der Waals surface area contributed by atoms with Crippen LogP contribution < -0.4 is 5.56 Å². The second-order valence-electron chi connectivity index (χ2n) is 7.36. The van der Waals surface area contributed by atoms with Crippen molar-refractivity contribution >= 4 is 22.4 Å². The van der Waals surface area contributed by atoms with E-state index in [1.165, 1.54) is 12.8 Å². The Morgan fingerprint density at radius 3 is 2.56 bits per heavy atom. The first-order chi connectivity index (χ1) is 13.1. The molecule has 1 aromatic heterocycles. The van der Waals surface area contributed by atoms with Gasteiger partial charge in [-0.15, -0.1) is 0 Å². The van der Waals surface area contributed by atoms with Gasteiger partial charge in [0, 0.05) is 16.8 Å². The number of rotatable bonds is 3. The van der Waals surface area contributed by atoms with E-state index in [2.05, 4.69) is 11.9 Å². The molecule has 2 heterocycles. The lowest BCUT2D eigenvalue weighted by Gasteiger charge is -2.27. The Balaban J connectivity index is 1.83. The van der Waals surface area contributed by atoms with Gasteiger partial charge in [0.25, 0.3) is 5.56 Å². The van der Waals surface area contributed by atoms with Crippen LogP contribution >= 0.6 is 11.6 Å². The quantitative estimate of drug-likeness (QED) is 0.663. The fourth-order valence-corrected chi connectivity index (χ4v) is 4.07. The number of fused-ring (bicyclic) bond motifs is 1. The zero-order valence-electron chi connectivity index (χ0n) is 15.6. The van der Waals surface area contributed by atoms with Gasteiger partial charge in [-0.25, -0.2) is 4.68 Å². The van der Waals surface area contributed by atoms with Crippen LogP contribution in [0.2, 0.25) is 5.02 Å². The minimum atomic E-state index is 0.00389. The van der Waals surface area contributed by atoms with E-state index in [0.29, 0.717) is 6.42 Å². The molecule has 5 heteroatoms. The Hall–Kier alpha value is -2.17. The third-order valence-electron chi connectivity index (χ3n) is 5.45. The lowest BCUT2D eigenvalue weighted by atomic mass is 10.0. The third-order valence-corrected chi connectivity index (χ3v) is 5.71. The largest absolute Gasteiger partial charge is 0.285 e. The van der Waals surface area contributed by atoms with Crippen molar-refractivity contribution in [3.8, 4) is 0 Å². The van der Waals surface area contributed by atoms with Gasteiger partial charge >= 0.3 is 0 Å². The van der Waals surface area contributed by atoms with Gasteiger partial charge in [0.15, 0.2) is 0 Å². The third kappa shape index (κ3) is 3.78. The highest BCUT2D eigenvalue weighted by atomic mass is 35.5. The average molecular weight is 382 g/mol. The van der Waals surface area contributed by atoms with Gasteiger partial charge in [-0.2, -0.15) is 5.10 Å². The molecule has 1 aliphatic rings. The summed E-state index contributed by atoms with van der Waals surface area (Å²) in [7, 11) is 2.10. The van der Waals surface area contributed by atoms with Gasteiger partial charge in [0.1, 0.15) is 6.17 Å². The van der Waals surface area contributed by atoms with E-state index in [-0.39, 0.29) is 11.7 Å². The normalized spacial score (nSPS) is 18.5. The van der Waals surface area contributed by atoms with E-state index < -0.39 is 0 Å². The molecule has 1 atom stereocenters. The van der Waals surface area contributed by atoms with Crippen LogP contribution in [0.1, 0.15) is 43.1 Å². The smallest absolute Gasteiger partial charge is 0.276 e. The summed E-state index contributed by atoms with van der Waals surface area (Å²) in [5.41, 5.74) is 2.07. The Morgan fingerprint density at radius 2 is 1.78 bits per heavy atom. The molecule has 0 spiro atoms. The monoisotopic (exact) mass is 381 g/mol. The Kier molecular flexibility index (Phi) is 5.28. The zero-order valence-corrected chi connectivity index (χ0v) is 16.3. The second-order valence-corrected chi connectivity index (χ2v) is 7.79. The molecule has 140 valence electrons. The first-order valence-corrected chi connectivity index (χ1v) is 9.96. The minimum Gasteiger partial charge on any atom is -0.285 e. The van der Waals surface area contributed by atoms with Crippen molar-refractivity contribution in [3.05, 3.63) is 75.2 Å². The molecule has 1 saturated heterocycles. The maximum absolute atomic E-state index is 13.2. The van der Waals surface area contributed by atoms with Gasteiger partial charge in [-0.3, -0.25) is 9.69 Å². The zero-order chi connectivity index (χ0) is 18.8. The fourth-order valence-electron chi connectivity index (χ4n) is 3.95. The first-order valence-electron chi connectivity index (χ1n) is 9.58. The van der Waals surface area contributed by atoms with Crippen molar-refractivity contribution in [1.82, 2.24) is 14.7 Å². The fraction of sp³-hybridized carbons (Fsp3) is 0.364. The standard InChI is InChI=1S/C22H24ClN3O/c1-25-14-6-2-3-9-21(25)26-22(27)19-8-5-4-7-18(19)20(24-26)15-16-10-12-17(23)13-11-16/h4-5,7-8,10-13,21H,2-3,6,9,14-15H2,1H3. The molecular weight excluding hydrogens is 358 g/mol. The van der Waals surface area contributed by atoms with Gasteiger partial charge in [0.05, 0.1) is 11.1 Å². The number of benzene rings is 2. The van der Waals surface area contributed by atoms with Crippen molar-refractivity contribution in [2.45, 2.75) is 38.3 Å². The number of hydrogen-bond donors (Lipinski definition) is 0. The summed E-state index contributed by atoms with van der Waals surface area (Å²) in [6.07, 6.45) is 5.17. The predicted molar refractivity (Wildman–Crippen MR) is 110 cm³/mol. The highest BCUT2D eigenvalue weighted by Crippen LogP contribution is 2.24. The first kappa shape index (κ1) is 18.2. The SMILES string of the molecule is CN1CCCCCC1n1nc(Cc2ccc(Cl)cc2)c2ccccc2c1=O. The maximum atomic E-state index is 13.2. The highest BCUT2D eigenvalue weighted by molar-refractivity contribution is 6.30. The Morgan fingerprint density at radius 1 is 1.04 bits per heavy atom. The van der Waals surface area contributed by atoms with Crippen LogP contribution in [0.15, 0.2) is 53.3 Å². The van der Waals surface area contributed by atoms with Gasteiger partial charge in [-0.1, -0.05) is 48.4 Å². The van der Waals surface area contributed by atoms with Crippen molar-refractivity contribution in [2.75, 3.05) is 13.6 Å². The molecular formula is C22H24ClN3O.